The summed E-state index contributed by atoms with van der Waals surface area (Å²) in [6, 6.07) is 6.76. The maximum Gasteiger partial charge on any atom is 0.238 e. The molecule has 0 saturated heterocycles. The van der Waals surface area contributed by atoms with Crippen LogP contribution in [0.3, 0.4) is 0 Å². The maximum absolute atomic E-state index is 12.7. The molecular weight excluding hydrogens is 308 g/mol. The highest BCUT2D eigenvalue weighted by molar-refractivity contribution is 6.54. The molecule has 0 spiro atoms. The smallest absolute Gasteiger partial charge is 0.238 e. The van der Waals surface area contributed by atoms with Crippen LogP contribution in [0.5, 0.6) is 11.5 Å². The van der Waals surface area contributed by atoms with E-state index in [4.69, 9.17) is 9.47 Å². The lowest BCUT2D eigenvalue weighted by molar-refractivity contribution is 0.0811. The summed E-state index contributed by atoms with van der Waals surface area (Å²) in [5.74, 6) is -0.826. The van der Waals surface area contributed by atoms with Crippen LogP contribution in [0.25, 0.3) is 11.1 Å². The number of rotatable bonds is 3. The molecule has 0 unspecified atom stereocenters. The second-order valence-corrected chi connectivity index (χ2v) is 5.60. The Balaban J connectivity index is 2.48. The number of Topliss-reactive ketones (excluding diaryl/α,β-unsaturated/α-hetero) is 3. The molecule has 0 saturated carbocycles. The SMILES string of the molecule is COc1cccc2c1C(=O)C(=O)c1c-2cc(C(C)=O)c(C)c1OC. The van der Waals surface area contributed by atoms with E-state index in [1.807, 2.05) is 0 Å². The molecule has 0 N–H and O–H groups in total. The zero-order valence-electron chi connectivity index (χ0n) is 13.9. The lowest BCUT2D eigenvalue weighted by Gasteiger charge is -2.23. The van der Waals surface area contributed by atoms with Gasteiger partial charge in [0.05, 0.1) is 25.3 Å². The van der Waals surface area contributed by atoms with E-state index in [0.717, 1.165) is 0 Å². The fourth-order valence-electron chi connectivity index (χ4n) is 3.20. The first-order valence-electron chi connectivity index (χ1n) is 7.41. The van der Waals surface area contributed by atoms with E-state index in [2.05, 4.69) is 0 Å². The highest BCUT2D eigenvalue weighted by Crippen LogP contribution is 2.43. The molecule has 2 aromatic rings. The molecule has 0 aromatic heterocycles. The highest BCUT2D eigenvalue weighted by Gasteiger charge is 2.36. The Hall–Kier alpha value is -2.95. The molecule has 0 radical (unpaired) electrons. The molecule has 24 heavy (non-hydrogen) atoms. The zero-order chi connectivity index (χ0) is 17.6. The van der Waals surface area contributed by atoms with Gasteiger partial charge >= 0.3 is 0 Å². The second-order valence-electron chi connectivity index (χ2n) is 5.60. The molecule has 0 amide bonds. The van der Waals surface area contributed by atoms with Crippen molar-refractivity contribution in [2.45, 2.75) is 13.8 Å². The van der Waals surface area contributed by atoms with Crippen molar-refractivity contribution in [3.8, 4) is 22.6 Å². The summed E-state index contributed by atoms with van der Waals surface area (Å²) in [4.78, 5) is 37.3. The number of hydrogen-bond donors (Lipinski definition) is 0. The maximum atomic E-state index is 12.7. The van der Waals surface area contributed by atoms with Gasteiger partial charge in [-0.2, -0.15) is 0 Å². The predicted molar refractivity (Wildman–Crippen MR) is 88.4 cm³/mol. The third-order valence-electron chi connectivity index (χ3n) is 4.31. The number of methoxy groups -OCH3 is 2. The Kier molecular flexibility index (Phi) is 3.72. The van der Waals surface area contributed by atoms with E-state index >= 15 is 0 Å². The van der Waals surface area contributed by atoms with Crippen LogP contribution in [0.4, 0.5) is 0 Å². The van der Waals surface area contributed by atoms with Crippen LogP contribution in [0.2, 0.25) is 0 Å². The van der Waals surface area contributed by atoms with Crippen LogP contribution in [0.15, 0.2) is 24.3 Å². The zero-order valence-corrected chi connectivity index (χ0v) is 13.9. The molecule has 0 bridgehead atoms. The van der Waals surface area contributed by atoms with E-state index < -0.39 is 11.6 Å². The molecule has 5 nitrogen and oxygen atoms in total. The quantitative estimate of drug-likeness (QED) is 0.640. The average molecular weight is 324 g/mol. The van der Waals surface area contributed by atoms with E-state index in [1.54, 1.807) is 31.2 Å². The lowest BCUT2D eigenvalue weighted by Crippen LogP contribution is -2.24. The molecule has 0 aliphatic heterocycles. The van der Waals surface area contributed by atoms with Crippen molar-refractivity contribution in [1.82, 2.24) is 0 Å². The largest absolute Gasteiger partial charge is 0.496 e. The van der Waals surface area contributed by atoms with E-state index in [-0.39, 0.29) is 22.7 Å². The average Bonchev–Trinajstić information content (AvgIpc) is 2.58. The number of ether oxygens (including phenoxy) is 2. The third kappa shape index (κ3) is 2.05. The van der Waals surface area contributed by atoms with Crippen molar-refractivity contribution >= 4 is 17.3 Å². The topological polar surface area (TPSA) is 69.7 Å². The van der Waals surface area contributed by atoms with Crippen LogP contribution in [-0.2, 0) is 0 Å². The Labute approximate surface area is 139 Å². The van der Waals surface area contributed by atoms with Crippen molar-refractivity contribution in [2.75, 3.05) is 14.2 Å². The highest BCUT2D eigenvalue weighted by atomic mass is 16.5. The number of carbonyl (C=O) groups excluding carboxylic acids is 3. The summed E-state index contributed by atoms with van der Waals surface area (Å²) in [5.41, 5.74) is 2.51. The third-order valence-corrected chi connectivity index (χ3v) is 4.31. The Morgan fingerprint density at radius 2 is 1.62 bits per heavy atom. The summed E-state index contributed by atoms with van der Waals surface area (Å²) in [5, 5.41) is 0. The monoisotopic (exact) mass is 324 g/mol. The number of benzene rings is 2. The molecule has 3 rings (SSSR count). The summed E-state index contributed by atoms with van der Waals surface area (Å²) < 4.78 is 10.6. The van der Waals surface area contributed by atoms with Gasteiger partial charge in [-0.3, -0.25) is 14.4 Å². The first-order valence-corrected chi connectivity index (χ1v) is 7.41. The van der Waals surface area contributed by atoms with Gasteiger partial charge in [-0.25, -0.2) is 0 Å². The van der Waals surface area contributed by atoms with Crippen LogP contribution in [0.1, 0.15) is 43.6 Å². The second kappa shape index (κ2) is 5.60. The molecule has 2 aromatic carbocycles. The van der Waals surface area contributed by atoms with Gasteiger partial charge in [-0.1, -0.05) is 12.1 Å². The molecule has 1 aliphatic rings. The Morgan fingerprint density at radius 3 is 2.21 bits per heavy atom. The summed E-state index contributed by atoms with van der Waals surface area (Å²) >= 11 is 0. The fourth-order valence-corrected chi connectivity index (χ4v) is 3.20. The minimum absolute atomic E-state index is 0.137. The number of fused-ring (bicyclic) bond motifs is 3. The van der Waals surface area contributed by atoms with Crippen molar-refractivity contribution in [3.63, 3.8) is 0 Å². The Morgan fingerprint density at radius 1 is 0.958 bits per heavy atom. The van der Waals surface area contributed by atoms with Crippen LogP contribution < -0.4 is 9.47 Å². The van der Waals surface area contributed by atoms with Crippen molar-refractivity contribution < 1.29 is 23.9 Å². The van der Waals surface area contributed by atoms with Crippen molar-refractivity contribution in [3.05, 3.63) is 46.5 Å². The van der Waals surface area contributed by atoms with Gasteiger partial charge in [0.1, 0.15) is 11.5 Å². The molecule has 0 heterocycles. The Bertz CT molecular complexity index is 908. The van der Waals surface area contributed by atoms with E-state index in [0.29, 0.717) is 28.0 Å². The minimum atomic E-state index is -0.656. The summed E-state index contributed by atoms with van der Waals surface area (Å²) in [6.45, 7) is 3.16. The van der Waals surface area contributed by atoms with Gasteiger partial charge in [0.25, 0.3) is 0 Å². The standard InChI is InChI=1S/C19H16O5/c1-9-12(10(2)20)8-13-11-6-5-7-14(23-3)15(11)17(21)18(22)16(13)19(9)24-4/h5-8H,1-4H3. The van der Waals surface area contributed by atoms with Crippen LogP contribution in [-0.4, -0.2) is 31.6 Å². The van der Waals surface area contributed by atoms with E-state index in [1.165, 1.54) is 21.1 Å². The summed E-state index contributed by atoms with van der Waals surface area (Å²) in [7, 11) is 2.87. The molecule has 5 heteroatoms. The number of ketones is 3. The van der Waals surface area contributed by atoms with Gasteiger partial charge in [0, 0.05) is 11.1 Å². The van der Waals surface area contributed by atoms with E-state index in [9.17, 15) is 14.4 Å². The fraction of sp³-hybridized carbons (Fsp3) is 0.211. The summed E-state index contributed by atoms with van der Waals surface area (Å²) in [6.07, 6.45) is 0. The molecular formula is C19H16O5. The molecule has 0 atom stereocenters. The lowest BCUT2D eigenvalue weighted by atomic mass is 9.80. The number of hydrogen-bond acceptors (Lipinski definition) is 5. The molecule has 1 aliphatic carbocycles. The van der Waals surface area contributed by atoms with Gasteiger partial charge in [-0.15, -0.1) is 0 Å². The molecule has 0 fully saturated rings. The normalized spacial score (nSPS) is 12.5. The van der Waals surface area contributed by atoms with Gasteiger partial charge in [0.15, 0.2) is 5.78 Å². The van der Waals surface area contributed by atoms with Crippen molar-refractivity contribution in [2.24, 2.45) is 0 Å². The minimum Gasteiger partial charge on any atom is -0.496 e. The number of carbonyl (C=O) groups is 3. The predicted octanol–water partition coefficient (Wildman–Crippen LogP) is 3.26. The van der Waals surface area contributed by atoms with Crippen molar-refractivity contribution in [1.29, 1.82) is 0 Å². The van der Waals surface area contributed by atoms with Gasteiger partial charge < -0.3 is 9.47 Å². The van der Waals surface area contributed by atoms with Gasteiger partial charge in [0.2, 0.25) is 11.6 Å². The first-order chi connectivity index (χ1) is 11.4. The van der Waals surface area contributed by atoms with Gasteiger partial charge in [-0.05, 0) is 37.1 Å². The van der Waals surface area contributed by atoms with Crippen LogP contribution in [0, 0.1) is 6.92 Å². The van der Waals surface area contributed by atoms with Crippen LogP contribution >= 0.6 is 0 Å². The molecule has 122 valence electrons. The first kappa shape index (κ1) is 15.9.